The van der Waals surface area contributed by atoms with Crippen molar-refractivity contribution in [2.45, 2.75) is 26.2 Å². The second kappa shape index (κ2) is 3.96. The fraction of sp³-hybridized carbons (Fsp3) is 0.444. The van der Waals surface area contributed by atoms with Crippen LogP contribution in [0, 0.1) is 6.92 Å². The molecular formula is C9H13NO. The van der Waals surface area contributed by atoms with E-state index in [0.717, 1.165) is 30.7 Å². The molecular weight excluding hydrogens is 138 g/mol. The summed E-state index contributed by atoms with van der Waals surface area (Å²) in [6, 6.07) is 1.98. The fourth-order valence-electron chi connectivity index (χ4n) is 0.963. The molecule has 0 aliphatic heterocycles. The van der Waals surface area contributed by atoms with Gasteiger partial charge in [-0.15, -0.1) is 6.58 Å². The second-order valence-corrected chi connectivity index (χ2v) is 2.61. The van der Waals surface area contributed by atoms with E-state index in [0.29, 0.717) is 0 Å². The third-order valence-corrected chi connectivity index (χ3v) is 1.52. The molecule has 60 valence electrons. The first-order valence-corrected chi connectivity index (χ1v) is 3.86. The van der Waals surface area contributed by atoms with Gasteiger partial charge in [-0.1, -0.05) is 11.2 Å². The van der Waals surface area contributed by atoms with Crippen LogP contribution in [0.25, 0.3) is 0 Å². The Labute approximate surface area is 66.9 Å². The smallest absolute Gasteiger partial charge is 0.133 e. The Morgan fingerprint density at radius 1 is 1.73 bits per heavy atom. The number of nitrogens with zero attached hydrogens (tertiary/aromatic N) is 1. The number of allylic oxidation sites excluding steroid dienone is 1. The van der Waals surface area contributed by atoms with Gasteiger partial charge < -0.3 is 4.52 Å². The Hall–Kier alpha value is -1.05. The van der Waals surface area contributed by atoms with Crippen LogP contribution in [0.15, 0.2) is 23.2 Å². The molecule has 0 amide bonds. The Morgan fingerprint density at radius 2 is 2.55 bits per heavy atom. The van der Waals surface area contributed by atoms with Crippen molar-refractivity contribution in [1.82, 2.24) is 5.16 Å². The highest BCUT2D eigenvalue weighted by molar-refractivity contribution is 5.03. The van der Waals surface area contributed by atoms with Crippen LogP contribution in [0.4, 0.5) is 0 Å². The van der Waals surface area contributed by atoms with Crippen molar-refractivity contribution in [3.8, 4) is 0 Å². The first-order chi connectivity index (χ1) is 5.33. The zero-order chi connectivity index (χ0) is 8.10. The lowest BCUT2D eigenvalue weighted by Gasteiger charge is -1.89. The highest BCUT2D eigenvalue weighted by atomic mass is 16.5. The van der Waals surface area contributed by atoms with Crippen molar-refractivity contribution < 1.29 is 4.52 Å². The van der Waals surface area contributed by atoms with Crippen LogP contribution in [-0.2, 0) is 6.42 Å². The van der Waals surface area contributed by atoms with Crippen molar-refractivity contribution in [3.63, 3.8) is 0 Å². The van der Waals surface area contributed by atoms with Gasteiger partial charge in [0, 0.05) is 6.07 Å². The van der Waals surface area contributed by atoms with Gasteiger partial charge >= 0.3 is 0 Å². The summed E-state index contributed by atoms with van der Waals surface area (Å²) in [5.74, 6) is 0.888. The lowest BCUT2D eigenvalue weighted by Crippen LogP contribution is -1.82. The van der Waals surface area contributed by atoms with Crippen molar-refractivity contribution >= 4 is 0 Å². The molecule has 1 rings (SSSR count). The summed E-state index contributed by atoms with van der Waals surface area (Å²) in [4.78, 5) is 0. The van der Waals surface area contributed by atoms with Crippen LogP contribution in [0.2, 0.25) is 0 Å². The minimum atomic E-state index is 0.888. The molecule has 0 spiro atoms. The van der Waals surface area contributed by atoms with Crippen LogP contribution in [0.1, 0.15) is 24.3 Å². The summed E-state index contributed by atoms with van der Waals surface area (Å²) in [6.07, 6.45) is 5.07. The molecule has 2 heteroatoms. The van der Waals surface area contributed by atoms with Gasteiger partial charge in [0.1, 0.15) is 5.76 Å². The third-order valence-electron chi connectivity index (χ3n) is 1.52. The van der Waals surface area contributed by atoms with Crippen LogP contribution in [0.5, 0.6) is 0 Å². The van der Waals surface area contributed by atoms with Gasteiger partial charge in [-0.3, -0.25) is 0 Å². The number of hydrogen-bond donors (Lipinski definition) is 0. The number of aryl methyl sites for hydroxylation is 2. The molecule has 1 heterocycles. The molecule has 1 aromatic rings. The number of rotatable bonds is 4. The highest BCUT2D eigenvalue weighted by Crippen LogP contribution is 2.05. The van der Waals surface area contributed by atoms with Gasteiger partial charge in [-0.25, -0.2) is 0 Å². The number of hydrogen-bond acceptors (Lipinski definition) is 2. The van der Waals surface area contributed by atoms with E-state index in [1.807, 2.05) is 19.1 Å². The van der Waals surface area contributed by atoms with Gasteiger partial charge in [0.25, 0.3) is 0 Å². The molecule has 0 bridgehead atoms. The largest absolute Gasteiger partial charge is 0.361 e. The van der Waals surface area contributed by atoms with Gasteiger partial charge in [0.05, 0.1) is 5.69 Å². The van der Waals surface area contributed by atoms with Gasteiger partial charge in [-0.05, 0) is 26.2 Å². The van der Waals surface area contributed by atoms with Crippen LogP contribution >= 0.6 is 0 Å². The number of aromatic nitrogens is 1. The molecule has 0 fully saturated rings. The molecule has 1 aromatic heterocycles. The van der Waals surface area contributed by atoms with Crippen molar-refractivity contribution in [2.75, 3.05) is 0 Å². The Kier molecular flexibility index (Phi) is 2.90. The van der Waals surface area contributed by atoms with Crippen LogP contribution < -0.4 is 0 Å². The molecule has 0 N–H and O–H groups in total. The maximum absolute atomic E-state index is 4.92. The predicted molar refractivity (Wildman–Crippen MR) is 44.4 cm³/mol. The summed E-state index contributed by atoms with van der Waals surface area (Å²) < 4.78 is 4.92. The standard InChI is InChI=1S/C9H13NO/c1-3-4-5-6-9-7-8(2)11-10-9/h3,7H,1,4-6H2,2H3. The maximum Gasteiger partial charge on any atom is 0.133 e. The van der Waals surface area contributed by atoms with E-state index in [1.165, 1.54) is 0 Å². The van der Waals surface area contributed by atoms with E-state index in [9.17, 15) is 0 Å². The molecule has 0 saturated heterocycles. The molecule has 0 radical (unpaired) electrons. The molecule has 0 saturated carbocycles. The van der Waals surface area contributed by atoms with Crippen LogP contribution in [-0.4, -0.2) is 5.16 Å². The van der Waals surface area contributed by atoms with Gasteiger partial charge in [-0.2, -0.15) is 0 Å². The van der Waals surface area contributed by atoms with E-state index >= 15 is 0 Å². The van der Waals surface area contributed by atoms with E-state index < -0.39 is 0 Å². The molecule has 11 heavy (non-hydrogen) atoms. The van der Waals surface area contributed by atoms with Gasteiger partial charge in [0.15, 0.2) is 0 Å². The molecule has 0 unspecified atom stereocenters. The summed E-state index contributed by atoms with van der Waals surface area (Å²) in [5.41, 5.74) is 1.05. The Morgan fingerprint density at radius 3 is 3.09 bits per heavy atom. The van der Waals surface area contributed by atoms with E-state index in [-0.39, 0.29) is 0 Å². The molecule has 0 aliphatic carbocycles. The molecule has 0 atom stereocenters. The predicted octanol–water partition coefficient (Wildman–Crippen LogP) is 2.49. The summed E-state index contributed by atoms with van der Waals surface area (Å²) in [5, 5.41) is 3.88. The van der Waals surface area contributed by atoms with E-state index in [2.05, 4.69) is 11.7 Å². The summed E-state index contributed by atoms with van der Waals surface area (Å²) in [6.45, 7) is 5.56. The molecule has 2 nitrogen and oxygen atoms in total. The lowest BCUT2D eigenvalue weighted by atomic mass is 10.2. The average molecular weight is 151 g/mol. The second-order valence-electron chi connectivity index (χ2n) is 2.61. The third kappa shape index (κ3) is 2.58. The normalized spacial score (nSPS) is 9.91. The quantitative estimate of drug-likeness (QED) is 0.488. The Bertz CT molecular complexity index is 227. The van der Waals surface area contributed by atoms with Crippen molar-refractivity contribution in [1.29, 1.82) is 0 Å². The minimum Gasteiger partial charge on any atom is -0.361 e. The zero-order valence-corrected chi connectivity index (χ0v) is 6.84. The Balaban J connectivity index is 2.32. The summed E-state index contributed by atoms with van der Waals surface area (Å²) >= 11 is 0. The number of unbranched alkanes of at least 4 members (excludes halogenated alkanes) is 1. The SMILES string of the molecule is C=CCCCc1cc(C)on1. The van der Waals surface area contributed by atoms with E-state index in [4.69, 9.17) is 4.52 Å². The summed E-state index contributed by atoms with van der Waals surface area (Å²) in [7, 11) is 0. The molecule has 0 aliphatic rings. The average Bonchev–Trinajstić information content (AvgIpc) is 2.37. The monoisotopic (exact) mass is 151 g/mol. The topological polar surface area (TPSA) is 26.0 Å². The molecule has 0 aromatic carbocycles. The van der Waals surface area contributed by atoms with Gasteiger partial charge in [0.2, 0.25) is 0 Å². The first-order valence-electron chi connectivity index (χ1n) is 3.86. The van der Waals surface area contributed by atoms with Crippen molar-refractivity contribution in [3.05, 3.63) is 30.2 Å². The van der Waals surface area contributed by atoms with E-state index in [1.54, 1.807) is 0 Å². The minimum absolute atomic E-state index is 0.888. The zero-order valence-electron chi connectivity index (χ0n) is 6.84. The lowest BCUT2D eigenvalue weighted by molar-refractivity contribution is 0.390. The first kappa shape index (κ1) is 8.05. The van der Waals surface area contributed by atoms with Crippen molar-refractivity contribution in [2.24, 2.45) is 0 Å². The fourth-order valence-corrected chi connectivity index (χ4v) is 0.963. The highest BCUT2D eigenvalue weighted by Gasteiger charge is 1.97. The van der Waals surface area contributed by atoms with Crippen LogP contribution in [0.3, 0.4) is 0 Å². The maximum atomic E-state index is 4.92.